The molecular weight excluding hydrogens is 365 g/mol. The highest BCUT2D eigenvalue weighted by Crippen LogP contribution is 2.31. The van der Waals surface area contributed by atoms with Gasteiger partial charge in [0.1, 0.15) is 5.60 Å². The molecule has 28 heavy (non-hydrogen) atoms. The number of likely N-dealkylation sites (tertiary alicyclic amines) is 1. The third-order valence-corrected chi connectivity index (χ3v) is 5.32. The summed E-state index contributed by atoms with van der Waals surface area (Å²) in [7, 11) is 0. The summed E-state index contributed by atoms with van der Waals surface area (Å²) in [6, 6.07) is 4.26. The summed E-state index contributed by atoms with van der Waals surface area (Å²) in [4.78, 5) is 26.4. The van der Waals surface area contributed by atoms with Crippen LogP contribution in [0.15, 0.2) is 18.2 Å². The minimum absolute atomic E-state index is 0.138. The number of rotatable bonds is 5. The van der Waals surface area contributed by atoms with Gasteiger partial charge in [0.2, 0.25) is 0 Å². The van der Waals surface area contributed by atoms with Crippen LogP contribution >= 0.6 is 0 Å². The van der Waals surface area contributed by atoms with Gasteiger partial charge in [-0.1, -0.05) is 0 Å². The Morgan fingerprint density at radius 2 is 1.93 bits per heavy atom. The lowest BCUT2D eigenvalue weighted by atomic mass is 9.91. The molecule has 8 heteroatoms. The quantitative estimate of drug-likeness (QED) is 0.434. The van der Waals surface area contributed by atoms with Crippen LogP contribution in [0.2, 0.25) is 0 Å². The van der Waals surface area contributed by atoms with Gasteiger partial charge < -0.3 is 9.64 Å². The van der Waals surface area contributed by atoms with Gasteiger partial charge in [0, 0.05) is 38.3 Å². The van der Waals surface area contributed by atoms with Crippen LogP contribution < -0.4 is 4.90 Å². The van der Waals surface area contributed by atoms with E-state index in [1.54, 1.807) is 0 Å². The zero-order valence-corrected chi connectivity index (χ0v) is 16.7. The predicted octanol–water partition coefficient (Wildman–Crippen LogP) is 3.37. The number of piperidine rings is 1. The molecular formula is C20H28FN3O4. The van der Waals surface area contributed by atoms with Gasteiger partial charge in [0.25, 0.3) is 5.69 Å². The van der Waals surface area contributed by atoms with Crippen LogP contribution in [-0.2, 0) is 9.53 Å². The van der Waals surface area contributed by atoms with Crippen molar-refractivity contribution in [1.82, 2.24) is 4.90 Å². The minimum Gasteiger partial charge on any atom is -0.460 e. The molecule has 0 atom stereocenters. The van der Waals surface area contributed by atoms with Crippen LogP contribution in [-0.4, -0.2) is 53.6 Å². The standard InChI is InChI=1S/C20H28FN3O4/c1-20(2,3)28-19(25)10-14-12-23(13-14)15-6-8-22(9-7-15)18-5-4-16(24(26)27)11-17(18)21/h4-5,11,14-15H,6-10,12-13H2,1-3H3. The molecule has 154 valence electrons. The van der Waals surface area contributed by atoms with Crippen molar-refractivity contribution in [1.29, 1.82) is 0 Å². The average molecular weight is 393 g/mol. The number of nitrogens with zero attached hydrogens (tertiary/aromatic N) is 3. The number of nitro groups is 1. The van der Waals surface area contributed by atoms with Gasteiger partial charge in [-0.05, 0) is 45.6 Å². The number of nitro benzene ring substituents is 1. The highest BCUT2D eigenvalue weighted by molar-refractivity contribution is 5.70. The van der Waals surface area contributed by atoms with Crippen molar-refractivity contribution in [2.24, 2.45) is 5.92 Å². The number of hydrogen-bond acceptors (Lipinski definition) is 6. The summed E-state index contributed by atoms with van der Waals surface area (Å²) in [5, 5.41) is 10.8. The van der Waals surface area contributed by atoms with Gasteiger partial charge in [-0.3, -0.25) is 19.8 Å². The molecule has 0 spiro atoms. The Morgan fingerprint density at radius 3 is 2.46 bits per heavy atom. The Hall–Kier alpha value is -2.22. The van der Waals surface area contributed by atoms with Gasteiger partial charge in [0.05, 0.1) is 23.1 Å². The average Bonchev–Trinajstić information content (AvgIpc) is 2.56. The van der Waals surface area contributed by atoms with Crippen molar-refractivity contribution in [3.05, 3.63) is 34.1 Å². The van der Waals surface area contributed by atoms with Crippen LogP contribution in [0.25, 0.3) is 0 Å². The fourth-order valence-electron chi connectivity index (χ4n) is 3.99. The highest BCUT2D eigenvalue weighted by Gasteiger charge is 2.36. The molecule has 0 saturated carbocycles. The fourth-order valence-corrected chi connectivity index (χ4v) is 3.99. The second-order valence-corrected chi connectivity index (χ2v) is 8.72. The third-order valence-electron chi connectivity index (χ3n) is 5.32. The van der Waals surface area contributed by atoms with E-state index in [2.05, 4.69) is 4.90 Å². The van der Waals surface area contributed by atoms with Gasteiger partial charge in [-0.25, -0.2) is 4.39 Å². The lowest BCUT2D eigenvalue weighted by molar-refractivity contribution is -0.385. The molecule has 2 saturated heterocycles. The van der Waals surface area contributed by atoms with E-state index in [9.17, 15) is 19.3 Å². The lowest BCUT2D eigenvalue weighted by Gasteiger charge is -2.47. The molecule has 2 aliphatic rings. The molecule has 0 amide bonds. The van der Waals surface area contributed by atoms with Crippen LogP contribution in [0.5, 0.6) is 0 Å². The first-order valence-corrected chi connectivity index (χ1v) is 9.77. The predicted molar refractivity (Wildman–Crippen MR) is 104 cm³/mol. The van der Waals surface area contributed by atoms with Gasteiger partial charge >= 0.3 is 5.97 Å². The van der Waals surface area contributed by atoms with E-state index in [4.69, 9.17) is 4.74 Å². The van der Waals surface area contributed by atoms with E-state index in [0.717, 1.165) is 32.0 Å². The summed E-state index contributed by atoms with van der Waals surface area (Å²) in [5.41, 5.74) is -0.247. The van der Waals surface area contributed by atoms with Crippen LogP contribution in [0.3, 0.4) is 0 Å². The highest BCUT2D eigenvalue weighted by atomic mass is 19.1. The number of esters is 1. The Labute approximate surface area is 164 Å². The number of hydrogen-bond donors (Lipinski definition) is 0. The summed E-state index contributed by atoms with van der Waals surface area (Å²) in [6.07, 6.45) is 2.28. The van der Waals surface area contributed by atoms with E-state index in [0.29, 0.717) is 37.2 Å². The van der Waals surface area contributed by atoms with Crippen molar-refractivity contribution < 1.29 is 18.8 Å². The maximum atomic E-state index is 14.2. The third kappa shape index (κ3) is 4.98. The molecule has 2 fully saturated rings. The molecule has 3 rings (SSSR count). The number of anilines is 1. The molecule has 2 aliphatic heterocycles. The van der Waals surface area contributed by atoms with E-state index in [1.165, 1.54) is 12.1 Å². The zero-order chi connectivity index (χ0) is 20.5. The van der Waals surface area contributed by atoms with Crippen molar-refractivity contribution in [2.45, 2.75) is 51.7 Å². The minimum atomic E-state index is -0.587. The van der Waals surface area contributed by atoms with Gasteiger partial charge in [0.15, 0.2) is 5.82 Å². The summed E-state index contributed by atoms with van der Waals surface area (Å²) >= 11 is 0. The fraction of sp³-hybridized carbons (Fsp3) is 0.650. The Kier molecular flexibility index (Phi) is 5.88. The molecule has 0 unspecified atom stereocenters. The maximum Gasteiger partial charge on any atom is 0.306 e. The summed E-state index contributed by atoms with van der Waals surface area (Å²) in [5.74, 6) is -0.338. The lowest BCUT2D eigenvalue weighted by Crippen LogP contribution is -2.55. The van der Waals surface area contributed by atoms with Crippen LogP contribution in [0.4, 0.5) is 15.8 Å². The molecule has 7 nitrogen and oxygen atoms in total. The molecule has 0 aliphatic carbocycles. The topological polar surface area (TPSA) is 75.9 Å². The summed E-state index contributed by atoms with van der Waals surface area (Å²) < 4.78 is 19.6. The van der Waals surface area contributed by atoms with Crippen molar-refractivity contribution in [3.63, 3.8) is 0 Å². The molecule has 0 aromatic heterocycles. The van der Waals surface area contributed by atoms with E-state index >= 15 is 0 Å². The number of halogens is 1. The monoisotopic (exact) mass is 393 g/mol. The Morgan fingerprint density at radius 1 is 1.29 bits per heavy atom. The number of carbonyl (C=O) groups excluding carboxylic acids is 1. The van der Waals surface area contributed by atoms with Gasteiger partial charge in [-0.2, -0.15) is 0 Å². The Balaban J connectivity index is 1.44. The first kappa shape index (κ1) is 20.5. The van der Waals surface area contributed by atoms with Crippen LogP contribution in [0.1, 0.15) is 40.0 Å². The second-order valence-electron chi connectivity index (χ2n) is 8.72. The van der Waals surface area contributed by atoms with Crippen molar-refractivity contribution in [3.8, 4) is 0 Å². The van der Waals surface area contributed by atoms with E-state index in [-0.39, 0.29) is 11.7 Å². The van der Waals surface area contributed by atoms with E-state index in [1.807, 2.05) is 25.7 Å². The number of benzene rings is 1. The van der Waals surface area contributed by atoms with Crippen LogP contribution in [0, 0.1) is 21.8 Å². The summed E-state index contributed by atoms with van der Waals surface area (Å²) in [6.45, 7) is 8.85. The van der Waals surface area contributed by atoms with Crippen molar-refractivity contribution in [2.75, 3.05) is 31.1 Å². The SMILES string of the molecule is CC(C)(C)OC(=O)CC1CN(C2CCN(c3ccc([N+](=O)[O-])cc3F)CC2)C1. The second kappa shape index (κ2) is 8.03. The largest absolute Gasteiger partial charge is 0.460 e. The van der Waals surface area contributed by atoms with Crippen molar-refractivity contribution >= 4 is 17.3 Å². The number of ether oxygens (including phenoxy) is 1. The molecule has 1 aromatic rings. The smallest absolute Gasteiger partial charge is 0.306 e. The number of carbonyl (C=O) groups is 1. The molecule has 0 N–H and O–H groups in total. The zero-order valence-electron chi connectivity index (χ0n) is 16.7. The van der Waals surface area contributed by atoms with Gasteiger partial charge in [-0.15, -0.1) is 0 Å². The first-order valence-electron chi connectivity index (χ1n) is 9.77. The molecule has 2 heterocycles. The normalized spacial score (nSPS) is 19.4. The molecule has 0 radical (unpaired) electrons. The first-order chi connectivity index (χ1) is 13.1. The molecule has 1 aromatic carbocycles. The van der Waals surface area contributed by atoms with E-state index < -0.39 is 16.3 Å². The number of non-ortho nitro benzene ring substituents is 1. The Bertz CT molecular complexity index is 735. The molecule has 0 bridgehead atoms. The maximum absolute atomic E-state index is 14.2.